The van der Waals surface area contributed by atoms with Crippen molar-refractivity contribution in [3.8, 4) is 11.5 Å². The Labute approximate surface area is 133 Å². The predicted molar refractivity (Wildman–Crippen MR) is 86.7 cm³/mol. The number of nitrogens with zero attached hydrogens (tertiary/aromatic N) is 1. The highest BCUT2D eigenvalue weighted by Gasteiger charge is 2.15. The molecule has 5 nitrogen and oxygen atoms in total. The van der Waals surface area contributed by atoms with Gasteiger partial charge in [-0.05, 0) is 29.8 Å². The lowest BCUT2D eigenvalue weighted by Gasteiger charge is -2.07. The van der Waals surface area contributed by atoms with Crippen LogP contribution in [-0.2, 0) is 13.6 Å². The molecule has 116 valence electrons. The van der Waals surface area contributed by atoms with E-state index in [1.165, 1.54) is 0 Å². The molecule has 0 bridgehead atoms. The molecule has 4 rings (SSSR count). The largest absolute Gasteiger partial charge is 0.454 e. The van der Waals surface area contributed by atoms with Gasteiger partial charge in [0.25, 0.3) is 5.91 Å². The highest BCUT2D eigenvalue weighted by molar-refractivity contribution is 5.98. The average molecular weight is 308 g/mol. The molecule has 0 saturated carbocycles. The molecule has 0 spiro atoms. The lowest BCUT2D eigenvalue weighted by Crippen LogP contribution is -2.24. The molecule has 0 aliphatic carbocycles. The van der Waals surface area contributed by atoms with Crippen molar-refractivity contribution in [3.05, 3.63) is 59.8 Å². The van der Waals surface area contributed by atoms with E-state index in [-0.39, 0.29) is 12.7 Å². The van der Waals surface area contributed by atoms with Crippen molar-refractivity contribution in [2.75, 3.05) is 6.79 Å². The number of hydrogen-bond acceptors (Lipinski definition) is 3. The molecule has 1 amide bonds. The minimum Gasteiger partial charge on any atom is -0.454 e. The lowest BCUT2D eigenvalue weighted by molar-refractivity contribution is 0.0943. The van der Waals surface area contributed by atoms with E-state index in [2.05, 4.69) is 5.32 Å². The number of carbonyl (C=O) groups excluding carboxylic acids is 1. The average Bonchev–Trinajstić information content (AvgIpc) is 3.17. The normalized spacial score (nSPS) is 12.6. The van der Waals surface area contributed by atoms with E-state index < -0.39 is 0 Å². The zero-order chi connectivity index (χ0) is 15.8. The molecule has 2 heterocycles. The Morgan fingerprint density at radius 1 is 1.13 bits per heavy atom. The third kappa shape index (κ3) is 2.40. The van der Waals surface area contributed by atoms with E-state index in [1.807, 2.05) is 60.1 Å². The zero-order valence-electron chi connectivity index (χ0n) is 12.7. The summed E-state index contributed by atoms with van der Waals surface area (Å²) < 4.78 is 12.5. The number of nitrogens with one attached hydrogen (secondary N) is 1. The minimum atomic E-state index is -0.0960. The SMILES string of the molecule is Cn1c(C(=O)NCc2ccc3c(c2)OCO3)cc2ccccc21. The second-order valence-corrected chi connectivity index (χ2v) is 5.52. The minimum absolute atomic E-state index is 0.0960. The van der Waals surface area contributed by atoms with Gasteiger partial charge in [0, 0.05) is 24.5 Å². The quantitative estimate of drug-likeness (QED) is 0.809. The van der Waals surface area contributed by atoms with Gasteiger partial charge < -0.3 is 19.4 Å². The summed E-state index contributed by atoms with van der Waals surface area (Å²) in [6, 6.07) is 15.5. The van der Waals surface area contributed by atoms with Crippen LogP contribution < -0.4 is 14.8 Å². The van der Waals surface area contributed by atoms with E-state index in [1.54, 1.807) is 0 Å². The predicted octanol–water partition coefficient (Wildman–Crippen LogP) is 2.84. The molecule has 1 aromatic heterocycles. The van der Waals surface area contributed by atoms with E-state index >= 15 is 0 Å². The van der Waals surface area contributed by atoms with Crippen LogP contribution in [0.5, 0.6) is 11.5 Å². The smallest absolute Gasteiger partial charge is 0.268 e. The highest BCUT2D eigenvalue weighted by atomic mass is 16.7. The Hall–Kier alpha value is -2.95. The first-order chi connectivity index (χ1) is 11.2. The lowest BCUT2D eigenvalue weighted by atomic mass is 10.2. The van der Waals surface area contributed by atoms with E-state index in [9.17, 15) is 4.79 Å². The molecule has 1 aliphatic rings. The second kappa shape index (κ2) is 5.35. The number of ether oxygens (including phenoxy) is 2. The van der Waals surface area contributed by atoms with Gasteiger partial charge in [-0.25, -0.2) is 0 Å². The molecule has 5 heteroatoms. The van der Waals surface area contributed by atoms with Gasteiger partial charge in [0.05, 0.1) is 0 Å². The molecule has 23 heavy (non-hydrogen) atoms. The van der Waals surface area contributed by atoms with Gasteiger partial charge in [0.1, 0.15) is 5.69 Å². The molecule has 0 unspecified atom stereocenters. The van der Waals surface area contributed by atoms with Crippen molar-refractivity contribution in [2.24, 2.45) is 7.05 Å². The van der Waals surface area contributed by atoms with Crippen LogP contribution >= 0.6 is 0 Å². The summed E-state index contributed by atoms with van der Waals surface area (Å²) in [4.78, 5) is 12.5. The summed E-state index contributed by atoms with van der Waals surface area (Å²) in [6.07, 6.45) is 0. The first kappa shape index (κ1) is 13.7. The fourth-order valence-electron chi connectivity index (χ4n) is 2.83. The van der Waals surface area contributed by atoms with Gasteiger partial charge >= 0.3 is 0 Å². The standard InChI is InChI=1S/C18H16N2O3/c1-20-14-5-3-2-4-13(14)9-15(20)18(21)19-10-12-6-7-16-17(8-12)23-11-22-16/h2-9H,10-11H2,1H3,(H,19,21). The van der Waals surface area contributed by atoms with E-state index in [0.29, 0.717) is 12.2 Å². The summed E-state index contributed by atoms with van der Waals surface area (Å²) in [5, 5.41) is 4.01. The molecule has 1 aliphatic heterocycles. The summed E-state index contributed by atoms with van der Waals surface area (Å²) in [5.74, 6) is 1.37. The molecule has 0 atom stereocenters. The number of fused-ring (bicyclic) bond motifs is 2. The fourth-order valence-corrected chi connectivity index (χ4v) is 2.83. The molecule has 0 fully saturated rings. The van der Waals surface area contributed by atoms with Crippen molar-refractivity contribution in [1.82, 2.24) is 9.88 Å². The Bertz CT molecular complexity index is 898. The van der Waals surface area contributed by atoms with Crippen LogP contribution in [0.1, 0.15) is 16.1 Å². The molecule has 0 radical (unpaired) electrons. The van der Waals surface area contributed by atoms with Gasteiger partial charge in [-0.15, -0.1) is 0 Å². The molecule has 2 aromatic carbocycles. The first-order valence-electron chi connectivity index (χ1n) is 7.43. The van der Waals surface area contributed by atoms with Crippen LogP contribution in [0.25, 0.3) is 10.9 Å². The van der Waals surface area contributed by atoms with E-state index in [0.717, 1.165) is 28.0 Å². The van der Waals surface area contributed by atoms with Crippen molar-refractivity contribution in [1.29, 1.82) is 0 Å². The third-order valence-corrected chi connectivity index (χ3v) is 4.07. The van der Waals surface area contributed by atoms with Crippen molar-refractivity contribution < 1.29 is 14.3 Å². The molecule has 3 aromatic rings. The van der Waals surface area contributed by atoms with Crippen LogP contribution in [-0.4, -0.2) is 17.3 Å². The third-order valence-electron chi connectivity index (χ3n) is 4.07. The van der Waals surface area contributed by atoms with Crippen LogP contribution in [0.4, 0.5) is 0 Å². The molecule has 1 N–H and O–H groups in total. The number of hydrogen-bond donors (Lipinski definition) is 1. The van der Waals surface area contributed by atoms with E-state index in [4.69, 9.17) is 9.47 Å². The topological polar surface area (TPSA) is 52.5 Å². The van der Waals surface area contributed by atoms with Crippen molar-refractivity contribution in [2.45, 2.75) is 6.54 Å². The van der Waals surface area contributed by atoms with Gasteiger partial charge in [0.2, 0.25) is 6.79 Å². The monoisotopic (exact) mass is 308 g/mol. The Balaban J connectivity index is 1.52. The van der Waals surface area contributed by atoms with Crippen molar-refractivity contribution in [3.63, 3.8) is 0 Å². The number of aromatic nitrogens is 1. The second-order valence-electron chi connectivity index (χ2n) is 5.52. The van der Waals surface area contributed by atoms with Crippen LogP contribution in [0.3, 0.4) is 0 Å². The maximum absolute atomic E-state index is 12.5. The number of amides is 1. The van der Waals surface area contributed by atoms with Crippen LogP contribution in [0.2, 0.25) is 0 Å². The first-order valence-corrected chi connectivity index (χ1v) is 7.43. The van der Waals surface area contributed by atoms with Gasteiger partial charge in [0.15, 0.2) is 11.5 Å². The Morgan fingerprint density at radius 2 is 1.96 bits per heavy atom. The Kier molecular flexibility index (Phi) is 3.19. The number of aryl methyl sites for hydroxylation is 1. The summed E-state index contributed by atoms with van der Waals surface area (Å²) in [7, 11) is 1.90. The van der Waals surface area contributed by atoms with Gasteiger partial charge in [-0.3, -0.25) is 4.79 Å². The highest BCUT2D eigenvalue weighted by Crippen LogP contribution is 2.32. The summed E-state index contributed by atoms with van der Waals surface area (Å²) in [5.41, 5.74) is 2.66. The summed E-state index contributed by atoms with van der Waals surface area (Å²) in [6.45, 7) is 0.693. The molecular weight excluding hydrogens is 292 g/mol. The Morgan fingerprint density at radius 3 is 2.83 bits per heavy atom. The number of para-hydroxylation sites is 1. The molecule has 0 saturated heterocycles. The van der Waals surface area contributed by atoms with Crippen molar-refractivity contribution >= 4 is 16.8 Å². The van der Waals surface area contributed by atoms with Gasteiger partial charge in [-0.2, -0.15) is 0 Å². The van der Waals surface area contributed by atoms with Crippen LogP contribution in [0, 0.1) is 0 Å². The molecular formula is C18H16N2O3. The maximum atomic E-state index is 12.5. The summed E-state index contributed by atoms with van der Waals surface area (Å²) >= 11 is 0. The number of benzene rings is 2. The number of carbonyl (C=O) groups is 1. The maximum Gasteiger partial charge on any atom is 0.268 e. The van der Waals surface area contributed by atoms with Gasteiger partial charge in [-0.1, -0.05) is 24.3 Å². The fraction of sp³-hybridized carbons (Fsp3) is 0.167. The van der Waals surface area contributed by atoms with Crippen LogP contribution in [0.15, 0.2) is 48.5 Å². The zero-order valence-corrected chi connectivity index (χ0v) is 12.7. The number of rotatable bonds is 3.